The molecule has 0 radical (unpaired) electrons. The van der Waals surface area contributed by atoms with Gasteiger partial charge in [0.15, 0.2) is 11.7 Å². The number of aromatic nitrogens is 1. The van der Waals surface area contributed by atoms with Gasteiger partial charge in [-0.25, -0.2) is 4.98 Å². The maximum atomic E-state index is 12.0. The number of nitrogens with zero attached hydrogens (tertiary/aromatic N) is 2. The maximum absolute atomic E-state index is 12.0. The SMILES string of the molecule is CCc1cccc(OCC(=O)Nc2nc3c(s2)CN(C)CC3)c1. The lowest BCUT2D eigenvalue weighted by molar-refractivity contribution is -0.118. The van der Waals surface area contributed by atoms with Crippen LogP contribution in [0.15, 0.2) is 24.3 Å². The Balaban J connectivity index is 1.55. The molecule has 2 heterocycles. The smallest absolute Gasteiger partial charge is 0.264 e. The predicted octanol–water partition coefficient (Wildman–Crippen LogP) is 2.71. The van der Waals surface area contributed by atoms with E-state index < -0.39 is 0 Å². The number of likely N-dealkylation sites (N-methyl/N-ethyl adjacent to an activating group) is 1. The first-order chi connectivity index (χ1) is 11.1. The van der Waals surface area contributed by atoms with Gasteiger partial charge in [-0.05, 0) is 31.2 Å². The molecule has 122 valence electrons. The number of benzene rings is 1. The zero-order chi connectivity index (χ0) is 16.2. The average Bonchev–Trinajstić information content (AvgIpc) is 2.94. The molecule has 1 aromatic carbocycles. The molecule has 1 aromatic heterocycles. The van der Waals surface area contributed by atoms with E-state index in [1.165, 1.54) is 10.4 Å². The Labute approximate surface area is 140 Å². The van der Waals surface area contributed by atoms with Crippen molar-refractivity contribution in [2.75, 3.05) is 25.5 Å². The van der Waals surface area contributed by atoms with Crippen LogP contribution in [-0.4, -0.2) is 36.0 Å². The Hall–Kier alpha value is -1.92. The molecule has 0 spiro atoms. The van der Waals surface area contributed by atoms with Crippen LogP contribution in [0.2, 0.25) is 0 Å². The summed E-state index contributed by atoms with van der Waals surface area (Å²) in [4.78, 5) is 20.1. The van der Waals surface area contributed by atoms with Gasteiger partial charge >= 0.3 is 0 Å². The number of nitrogens with one attached hydrogen (secondary N) is 1. The molecule has 0 saturated heterocycles. The molecule has 1 amide bonds. The largest absolute Gasteiger partial charge is 0.484 e. The van der Waals surface area contributed by atoms with Crippen molar-refractivity contribution in [3.05, 3.63) is 40.4 Å². The van der Waals surface area contributed by atoms with Gasteiger partial charge in [-0.2, -0.15) is 0 Å². The first kappa shape index (κ1) is 16.0. The molecule has 2 aromatic rings. The van der Waals surface area contributed by atoms with Crippen molar-refractivity contribution < 1.29 is 9.53 Å². The maximum Gasteiger partial charge on any atom is 0.264 e. The molecule has 1 aliphatic heterocycles. The third-order valence-electron chi connectivity index (χ3n) is 3.85. The van der Waals surface area contributed by atoms with E-state index in [1.807, 2.05) is 24.3 Å². The summed E-state index contributed by atoms with van der Waals surface area (Å²) >= 11 is 1.55. The van der Waals surface area contributed by atoms with Gasteiger partial charge in [0, 0.05) is 24.4 Å². The molecule has 6 heteroatoms. The second kappa shape index (κ2) is 7.10. The Morgan fingerprint density at radius 3 is 3.17 bits per heavy atom. The first-order valence-corrected chi connectivity index (χ1v) is 8.64. The van der Waals surface area contributed by atoms with Crippen LogP contribution in [0.1, 0.15) is 23.1 Å². The van der Waals surface area contributed by atoms with Crippen molar-refractivity contribution in [1.82, 2.24) is 9.88 Å². The fraction of sp³-hybridized carbons (Fsp3) is 0.412. The predicted molar refractivity (Wildman–Crippen MR) is 92.1 cm³/mol. The standard InChI is InChI=1S/C17H21N3O2S/c1-3-12-5-4-6-13(9-12)22-11-16(21)19-17-18-14-7-8-20(2)10-15(14)23-17/h4-6,9H,3,7-8,10-11H2,1-2H3,(H,18,19,21). The van der Waals surface area contributed by atoms with Crippen molar-refractivity contribution in [3.8, 4) is 5.75 Å². The monoisotopic (exact) mass is 331 g/mol. The summed E-state index contributed by atoms with van der Waals surface area (Å²) in [5.74, 6) is 0.547. The lowest BCUT2D eigenvalue weighted by atomic mass is 10.2. The molecule has 0 atom stereocenters. The Kier molecular flexibility index (Phi) is 4.93. The van der Waals surface area contributed by atoms with Crippen LogP contribution in [0.4, 0.5) is 5.13 Å². The molecule has 0 bridgehead atoms. The molecule has 23 heavy (non-hydrogen) atoms. The van der Waals surface area contributed by atoms with Crippen LogP contribution < -0.4 is 10.1 Å². The number of hydrogen-bond donors (Lipinski definition) is 1. The second-order valence-corrected chi connectivity index (χ2v) is 6.80. The minimum absolute atomic E-state index is 0.00266. The number of thiazole rings is 1. The summed E-state index contributed by atoms with van der Waals surface area (Å²) in [5, 5.41) is 3.51. The highest BCUT2D eigenvalue weighted by molar-refractivity contribution is 7.15. The molecule has 0 fully saturated rings. The summed E-state index contributed by atoms with van der Waals surface area (Å²) in [6, 6.07) is 7.82. The van der Waals surface area contributed by atoms with Crippen molar-refractivity contribution in [2.24, 2.45) is 0 Å². The van der Waals surface area contributed by atoms with Crippen molar-refractivity contribution in [3.63, 3.8) is 0 Å². The van der Waals surface area contributed by atoms with Gasteiger partial charge in [-0.3, -0.25) is 10.1 Å². The van der Waals surface area contributed by atoms with Gasteiger partial charge < -0.3 is 9.64 Å². The third kappa shape index (κ3) is 4.09. The van der Waals surface area contributed by atoms with Crippen LogP contribution in [0.5, 0.6) is 5.75 Å². The zero-order valence-electron chi connectivity index (χ0n) is 13.5. The van der Waals surface area contributed by atoms with E-state index >= 15 is 0 Å². The van der Waals surface area contributed by atoms with E-state index in [0.717, 1.165) is 37.4 Å². The molecule has 1 aliphatic rings. The highest BCUT2D eigenvalue weighted by atomic mass is 32.1. The second-order valence-electron chi connectivity index (χ2n) is 5.71. The number of carbonyl (C=O) groups excluding carboxylic acids is 1. The van der Waals surface area contributed by atoms with Crippen LogP contribution in [0, 0.1) is 0 Å². The van der Waals surface area contributed by atoms with E-state index in [1.54, 1.807) is 11.3 Å². The van der Waals surface area contributed by atoms with E-state index in [4.69, 9.17) is 4.74 Å². The average molecular weight is 331 g/mol. The fourth-order valence-electron chi connectivity index (χ4n) is 2.54. The van der Waals surface area contributed by atoms with Crippen molar-refractivity contribution in [1.29, 1.82) is 0 Å². The molecular weight excluding hydrogens is 310 g/mol. The highest BCUT2D eigenvalue weighted by Crippen LogP contribution is 2.27. The number of fused-ring (bicyclic) bond motifs is 1. The van der Waals surface area contributed by atoms with Gasteiger partial charge in [0.25, 0.3) is 5.91 Å². The van der Waals surface area contributed by atoms with Crippen molar-refractivity contribution >= 4 is 22.4 Å². The Bertz CT molecular complexity index is 699. The lowest BCUT2D eigenvalue weighted by Crippen LogP contribution is -2.25. The summed E-state index contributed by atoms with van der Waals surface area (Å²) in [5.41, 5.74) is 2.31. The quantitative estimate of drug-likeness (QED) is 0.915. The Morgan fingerprint density at radius 1 is 1.48 bits per heavy atom. The van der Waals surface area contributed by atoms with Crippen molar-refractivity contribution in [2.45, 2.75) is 26.3 Å². The van der Waals surface area contributed by atoms with Crippen LogP contribution >= 0.6 is 11.3 Å². The minimum atomic E-state index is -0.175. The molecular formula is C17H21N3O2S. The normalized spacial score (nSPS) is 14.3. The summed E-state index contributed by atoms with van der Waals surface area (Å²) < 4.78 is 5.56. The van der Waals surface area contributed by atoms with E-state index in [9.17, 15) is 4.79 Å². The number of hydrogen-bond acceptors (Lipinski definition) is 5. The highest BCUT2D eigenvalue weighted by Gasteiger charge is 2.19. The van der Waals surface area contributed by atoms with Crippen LogP contribution in [0.25, 0.3) is 0 Å². The van der Waals surface area contributed by atoms with Gasteiger partial charge in [0.2, 0.25) is 0 Å². The number of amides is 1. The molecule has 0 aliphatic carbocycles. The molecule has 0 unspecified atom stereocenters. The molecule has 1 N–H and O–H groups in total. The number of rotatable bonds is 5. The summed E-state index contributed by atoms with van der Waals surface area (Å²) in [6.45, 7) is 4.01. The minimum Gasteiger partial charge on any atom is -0.484 e. The first-order valence-electron chi connectivity index (χ1n) is 7.82. The molecule has 5 nitrogen and oxygen atoms in total. The molecule has 0 saturated carbocycles. The number of carbonyl (C=O) groups is 1. The lowest BCUT2D eigenvalue weighted by Gasteiger charge is -2.20. The fourth-order valence-corrected chi connectivity index (χ4v) is 3.64. The van der Waals surface area contributed by atoms with Gasteiger partial charge in [0.1, 0.15) is 5.75 Å². The molecule has 3 rings (SSSR count). The Morgan fingerprint density at radius 2 is 2.35 bits per heavy atom. The van der Waals surface area contributed by atoms with E-state index in [-0.39, 0.29) is 12.5 Å². The van der Waals surface area contributed by atoms with Gasteiger partial charge in [-0.15, -0.1) is 11.3 Å². The number of anilines is 1. The third-order valence-corrected chi connectivity index (χ3v) is 4.84. The van der Waals surface area contributed by atoms with E-state index in [0.29, 0.717) is 5.13 Å². The van der Waals surface area contributed by atoms with Crippen LogP contribution in [0.3, 0.4) is 0 Å². The topological polar surface area (TPSA) is 54.5 Å². The summed E-state index contributed by atoms with van der Waals surface area (Å²) in [7, 11) is 2.10. The van der Waals surface area contributed by atoms with E-state index in [2.05, 4.69) is 29.2 Å². The van der Waals surface area contributed by atoms with Gasteiger partial charge in [-0.1, -0.05) is 19.1 Å². The van der Waals surface area contributed by atoms with Crippen LogP contribution in [-0.2, 0) is 24.2 Å². The van der Waals surface area contributed by atoms with Gasteiger partial charge in [0.05, 0.1) is 5.69 Å². The summed E-state index contributed by atoms with van der Waals surface area (Å²) in [6.07, 6.45) is 1.89. The zero-order valence-corrected chi connectivity index (χ0v) is 14.3. The number of aryl methyl sites for hydroxylation is 1. The number of ether oxygens (including phenoxy) is 1.